The molecule has 4 heteroatoms. The van der Waals surface area contributed by atoms with E-state index in [0.717, 1.165) is 31.6 Å². The van der Waals surface area contributed by atoms with Crippen molar-refractivity contribution in [2.45, 2.75) is 46.1 Å². The number of nitrogens with one attached hydrogen (secondary N) is 2. The molecule has 0 bridgehead atoms. The van der Waals surface area contributed by atoms with E-state index in [1.807, 2.05) is 6.07 Å². The van der Waals surface area contributed by atoms with Crippen LogP contribution in [-0.4, -0.2) is 23.5 Å². The number of anilines is 1. The number of hydrogen-bond acceptors (Lipinski definition) is 3. The second-order valence-electron chi connectivity index (χ2n) is 4.50. The monoisotopic (exact) mass is 249 g/mol. The summed E-state index contributed by atoms with van der Waals surface area (Å²) in [6, 6.07) is 4.04. The summed E-state index contributed by atoms with van der Waals surface area (Å²) in [4.78, 5) is 16.0. The Kier molecular flexibility index (Phi) is 6.19. The number of unbranched alkanes of at least 4 members (excludes halogenated alkanes) is 1. The molecule has 2 N–H and O–H groups in total. The van der Waals surface area contributed by atoms with E-state index in [1.165, 1.54) is 0 Å². The van der Waals surface area contributed by atoms with Crippen molar-refractivity contribution in [3.8, 4) is 0 Å². The third kappa shape index (κ3) is 4.73. The molecule has 1 amide bonds. The van der Waals surface area contributed by atoms with Crippen molar-refractivity contribution in [2.24, 2.45) is 0 Å². The molecule has 0 aliphatic rings. The molecule has 0 aliphatic carbocycles. The van der Waals surface area contributed by atoms with E-state index in [-0.39, 0.29) is 5.91 Å². The van der Waals surface area contributed by atoms with Gasteiger partial charge in [0.15, 0.2) is 0 Å². The van der Waals surface area contributed by atoms with Crippen molar-refractivity contribution in [3.63, 3.8) is 0 Å². The van der Waals surface area contributed by atoms with Crippen LogP contribution in [0.4, 0.5) is 5.82 Å². The molecular weight excluding hydrogens is 226 g/mol. The summed E-state index contributed by atoms with van der Waals surface area (Å²) >= 11 is 0. The van der Waals surface area contributed by atoms with Gasteiger partial charge in [0, 0.05) is 18.8 Å². The Balaban J connectivity index is 2.51. The molecule has 0 aromatic carbocycles. The molecule has 0 saturated carbocycles. The molecule has 0 radical (unpaired) electrons. The smallest absolute Gasteiger partial charge is 0.252 e. The predicted octanol–water partition coefficient (Wildman–Crippen LogP) is 2.82. The van der Waals surface area contributed by atoms with Gasteiger partial charge in [-0.05, 0) is 31.9 Å². The van der Waals surface area contributed by atoms with E-state index in [0.29, 0.717) is 11.6 Å². The van der Waals surface area contributed by atoms with Crippen molar-refractivity contribution in [2.75, 3.05) is 11.9 Å². The number of carbonyl (C=O) groups excluding carboxylic acids is 1. The Labute approximate surface area is 109 Å². The van der Waals surface area contributed by atoms with E-state index in [1.54, 1.807) is 12.3 Å². The molecular formula is C14H23N3O. The molecule has 0 aliphatic heterocycles. The SMILES string of the molecule is CCCCNC(=O)c1ccc(NC(C)CC)nc1. The van der Waals surface area contributed by atoms with E-state index in [9.17, 15) is 4.79 Å². The van der Waals surface area contributed by atoms with Crippen LogP contribution in [-0.2, 0) is 0 Å². The largest absolute Gasteiger partial charge is 0.368 e. The quantitative estimate of drug-likeness (QED) is 0.731. The Morgan fingerprint density at radius 1 is 1.39 bits per heavy atom. The fourth-order valence-electron chi connectivity index (χ4n) is 1.45. The number of aromatic nitrogens is 1. The zero-order chi connectivity index (χ0) is 13.4. The van der Waals surface area contributed by atoms with Crippen LogP contribution < -0.4 is 10.6 Å². The van der Waals surface area contributed by atoms with Crippen molar-refractivity contribution in [1.29, 1.82) is 0 Å². The predicted molar refractivity (Wildman–Crippen MR) is 74.9 cm³/mol. The summed E-state index contributed by atoms with van der Waals surface area (Å²) < 4.78 is 0. The molecule has 0 fully saturated rings. The normalized spacial score (nSPS) is 11.9. The van der Waals surface area contributed by atoms with Crippen LogP contribution in [0.25, 0.3) is 0 Å². The fourth-order valence-corrected chi connectivity index (χ4v) is 1.45. The maximum atomic E-state index is 11.7. The molecule has 1 aromatic heterocycles. The van der Waals surface area contributed by atoms with Gasteiger partial charge >= 0.3 is 0 Å². The lowest BCUT2D eigenvalue weighted by Crippen LogP contribution is -2.24. The number of rotatable bonds is 7. The second kappa shape index (κ2) is 7.69. The average molecular weight is 249 g/mol. The van der Waals surface area contributed by atoms with E-state index in [2.05, 4.69) is 36.4 Å². The van der Waals surface area contributed by atoms with Crippen molar-refractivity contribution in [1.82, 2.24) is 10.3 Å². The fraction of sp³-hybridized carbons (Fsp3) is 0.571. The number of carbonyl (C=O) groups is 1. The Morgan fingerprint density at radius 2 is 2.17 bits per heavy atom. The van der Waals surface area contributed by atoms with Crippen LogP contribution >= 0.6 is 0 Å². The standard InChI is InChI=1S/C14H23N3O/c1-4-6-9-15-14(18)12-7-8-13(16-10-12)17-11(3)5-2/h7-8,10-11H,4-6,9H2,1-3H3,(H,15,18)(H,16,17). The van der Waals surface area contributed by atoms with Gasteiger partial charge in [0.2, 0.25) is 0 Å². The third-order valence-electron chi connectivity index (χ3n) is 2.85. The Hall–Kier alpha value is -1.58. The molecule has 0 saturated heterocycles. The second-order valence-corrected chi connectivity index (χ2v) is 4.50. The molecule has 1 heterocycles. The van der Waals surface area contributed by atoms with Crippen LogP contribution in [0, 0.1) is 0 Å². The van der Waals surface area contributed by atoms with Crippen LogP contribution in [0.1, 0.15) is 50.4 Å². The summed E-state index contributed by atoms with van der Waals surface area (Å²) in [5.41, 5.74) is 0.612. The highest BCUT2D eigenvalue weighted by Crippen LogP contribution is 2.07. The summed E-state index contributed by atoms with van der Waals surface area (Å²) in [6.07, 6.45) is 4.75. The molecule has 1 unspecified atom stereocenters. The summed E-state index contributed by atoms with van der Waals surface area (Å²) in [7, 11) is 0. The van der Waals surface area contributed by atoms with Crippen LogP contribution in [0.3, 0.4) is 0 Å². The maximum absolute atomic E-state index is 11.7. The first kappa shape index (κ1) is 14.5. The maximum Gasteiger partial charge on any atom is 0.252 e. The van der Waals surface area contributed by atoms with Crippen LogP contribution in [0.5, 0.6) is 0 Å². The zero-order valence-corrected chi connectivity index (χ0v) is 11.5. The molecule has 1 atom stereocenters. The lowest BCUT2D eigenvalue weighted by Gasteiger charge is -2.12. The molecule has 0 spiro atoms. The lowest BCUT2D eigenvalue weighted by molar-refractivity contribution is 0.0953. The van der Waals surface area contributed by atoms with Gasteiger partial charge in [-0.15, -0.1) is 0 Å². The van der Waals surface area contributed by atoms with Crippen molar-refractivity contribution < 1.29 is 4.79 Å². The van der Waals surface area contributed by atoms with Crippen LogP contribution in [0.2, 0.25) is 0 Å². The van der Waals surface area contributed by atoms with Gasteiger partial charge in [0.1, 0.15) is 5.82 Å². The highest BCUT2D eigenvalue weighted by Gasteiger charge is 2.06. The molecule has 100 valence electrons. The van der Waals surface area contributed by atoms with Gasteiger partial charge < -0.3 is 10.6 Å². The highest BCUT2D eigenvalue weighted by atomic mass is 16.1. The average Bonchev–Trinajstić information content (AvgIpc) is 2.39. The first-order valence-corrected chi connectivity index (χ1v) is 6.68. The lowest BCUT2D eigenvalue weighted by atomic mass is 10.2. The molecule has 1 aromatic rings. The molecule has 4 nitrogen and oxygen atoms in total. The van der Waals surface area contributed by atoms with Gasteiger partial charge in [0.25, 0.3) is 5.91 Å². The topological polar surface area (TPSA) is 54.0 Å². The summed E-state index contributed by atoms with van der Waals surface area (Å²) in [5, 5.41) is 6.14. The molecule has 1 rings (SSSR count). The first-order chi connectivity index (χ1) is 8.67. The van der Waals surface area contributed by atoms with Gasteiger partial charge in [-0.25, -0.2) is 4.98 Å². The minimum absolute atomic E-state index is 0.0500. The number of amides is 1. The minimum atomic E-state index is -0.0500. The van der Waals surface area contributed by atoms with Crippen molar-refractivity contribution in [3.05, 3.63) is 23.9 Å². The van der Waals surface area contributed by atoms with Gasteiger partial charge in [0.05, 0.1) is 5.56 Å². The third-order valence-corrected chi connectivity index (χ3v) is 2.85. The van der Waals surface area contributed by atoms with Gasteiger partial charge in [-0.2, -0.15) is 0 Å². The summed E-state index contributed by atoms with van der Waals surface area (Å²) in [5.74, 6) is 0.764. The molecule has 18 heavy (non-hydrogen) atoms. The van der Waals surface area contributed by atoms with Gasteiger partial charge in [-0.1, -0.05) is 20.3 Å². The Morgan fingerprint density at radius 3 is 2.72 bits per heavy atom. The zero-order valence-electron chi connectivity index (χ0n) is 11.5. The van der Waals surface area contributed by atoms with Gasteiger partial charge in [-0.3, -0.25) is 4.79 Å². The van der Waals surface area contributed by atoms with Crippen molar-refractivity contribution >= 4 is 11.7 Å². The highest BCUT2D eigenvalue weighted by molar-refractivity contribution is 5.93. The Bertz CT molecular complexity index is 362. The minimum Gasteiger partial charge on any atom is -0.368 e. The van der Waals surface area contributed by atoms with E-state index < -0.39 is 0 Å². The summed E-state index contributed by atoms with van der Waals surface area (Å²) in [6.45, 7) is 7.05. The number of nitrogens with zero attached hydrogens (tertiary/aromatic N) is 1. The first-order valence-electron chi connectivity index (χ1n) is 6.68. The van der Waals surface area contributed by atoms with Crippen LogP contribution in [0.15, 0.2) is 18.3 Å². The van der Waals surface area contributed by atoms with E-state index in [4.69, 9.17) is 0 Å². The number of hydrogen-bond donors (Lipinski definition) is 2. The number of pyridine rings is 1. The van der Waals surface area contributed by atoms with E-state index >= 15 is 0 Å².